The van der Waals surface area contributed by atoms with Crippen LogP contribution in [0, 0.1) is 11.7 Å². The number of benzene rings is 1. The van der Waals surface area contributed by atoms with E-state index in [0.717, 1.165) is 37.6 Å². The third-order valence-corrected chi connectivity index (χ3v) is 7.99. The molecule has 10 heteroatoms. The van der Waals surface area contributed by atoms with E-state index in [1.165, 1.54) is 12.1 Å². The second-order valence-corrected chi connectivity index (χ2v) is 10.4. The number of hydrogen-bond acceptors (Lipinski definition) is 5. The van der Waals surface area contributed by atoms with Crippen molar-refractivity contribution in [2.45, 2.75) is 57.7 Å². The highest BCUT2D eigenvalue weighted by Crippen LogP contribution is 2.28. The molecule has 3 amide bonds. The van der Waals surface area contributed by atoms with Crippen LogP contribution < -0.4 is 10.6 Å². The van der Waals surface area contributed by atoms with E-state index in [4.69, 9.17) is 4.74 Å². The molecule has 1 saturated carbocycles. The standard InChI is InChI=1S/C28H40FN5O4/c1-19(30-2)26(35)31-25(20-7-5-4-6-8-20)28(37)33-13-11-32(12-14-33)27(36)24-18-21-17-22(29)9-10-23(21)34(24)15-16-38-3/h9-10,17-20,25,30H,4-8,11-16H2,1-3H3,(H,31,35). The molecule has 0 spiro atoms. The van der Waals surface area contributed by atoms with Crippen molar-refractivity contribution in [1.82, 2.24) is 25.0 Å². The molecule has 9 nitrogen and oxygen atoms in total. The van der Waals surface area contributed by atoms with Gasteiger partial charge in [0.2, 0.25) is 11.8 Å². The first-order valence-electron chi connectivity index (χ1n) is 13.7. The van der Waals surface area contributed by atoms with E-state index in [2.05, 4.69) is 10.6 Å². The fourth-order valence-electron chi connectivity index (χ4n) is 5.59. The summed E-state index contributed by atoms with van der Waals surface area (Å²) in [6, 6.07) is 5.30. The smallest absolute Gasteiger partial charge is 0.270 e. The van der Waals surface area contributed by atoms with Crippen LogP contribution in [0.1, 0.15) is 49.5 Å². The van der Waals surface area contributed by atoms with E-state index in [9.17, 15) is 18.8 Å². The van der Waals surface area contributed by atoms with Gasteiger partial charge in [-0.1, -0.05) is 19.3 Å². The Morgan fingerprint density at radius 2 is 1.74 bits per heavy atom. The normalized spacial score (nSPS) is 18.4. The number of nitrogens with one attached hydrogen (secondary N) is 2. The molecule has 2 heterocycles. The van der Waals surface area contributed by atoms with Crippen LogP contribution in [0.2, 0.25) is 0 Å². The first-order valence-corrected chi connectivity index (χ1v) is 13.7. The summed E-state index contributed by atoms with van der Waals surface area (Å²) in [7, 11) is 3.33. The maximum absolute atomic E-state index is 13.9. The molecule has 0 radical (unpaired) electrons. The number of halogens is 1. The Morgan fingerprint density at radius 1 is 1.05 bits per heavy atom. The number of hydrogen-bond donors (Lipinski definition) is 2. The largest absolute Gasteiger partial charge is 0.383 e. The van der Waals surface area contributed by atoms with Crippen LogP contribution in [0.15, 0.2) is 24.3 Å². The molecule has 1 aliphatic heterocycles. The van der Waals surface area contributed by atoms with Gasteiger partial charge in [0.05, 0.1) is 12.6 Å². The molecule has 2 aromatic rings. The number of nitrogens with zero attached hydrogens (tertiary/aromatic N) is 3. The zero-order valence-electron chi connectivity index (χ0n) is 22.7. The van der Waals surface area contributed by atoms with Gasteiger partial charge in [0.15, 0.2) is 0 Å². The van der Waals surface area contributed by atoms with Gasteiger partial charge < -0.3 is 29.7 Å². The van der Waals surface area contributed by atoms with Crippen LogP contribution in [0.25, 0.3) is 10.9 Å². The Kier molecular flexibility index (Phi) is 9.38. The van der Waals surface area contributed by atoms with Gasteiger partial charge in [-0.05, 0) is 57.0 Å². The van der Waals surface area contributed by atoms with Crippen molar-refractivity contribution >= 4 is 28.6 Å². The lowest BCUT2D eigenvalue weighted by molar-refractivity contribution is -0.140. The van der Waals surface area contributed by atoms with Gasteiger partial charge in [0.1, 0.15) is 17.6 Å². The van der Waals surface area contributed by atoms with Gasteiger partial charge in [0.25, 0.3) is 5.91 Å². The number of rotatable bonds is 9. The van der Waals surface area contributed by atoms with E-state index >= 15 is 0 Å². The molecule has 1 aromatic heterocycles. The van der Waals surface area contributed by atoms with Gasteiger partial charge in [-0.3, -0.25) is 14.4 Å². The summed E-state index contributed by atoms with van der Waals surface area (Å²) in [4.78, 5) is 43.4. The number of likely N-dealkylation sites (N-methyl/N-ethyl adjacent to an activating group) is 1. The first kappa shape index (κ1) is 28.0. The molecule has 4 rings (SSSR count). The maximum Gasteiger partial charge on any atom is 0.270 e. The van der Waals surface area contributed by atoms with E-state index < -0.39 is 6.04 Å². The summed E-state index contributed by atoms with van der Waals surface area (Å²) in [5, 5.41) is 6.63. The Morgan fingerprint density at radius 3 is 2.39 bits per heavy atom. The van der Waals surface area contributed by atoms with Crippen molar-refractivity contribution in [3.05, 3.63) is 35.8 Å². The summed E-state index contributed by atoms with van der Waals surface area (Å²) in [6.07, 6.45) is 5.14. The number of carbonyl (C=O) groups is 3. The molecule has 0 bridgehead atoms. The molecular formula is C28H40FN5O4. The highest BCUT2D eigenvalue weighted by Gasteiger charge is 2.36. The fraction of sp³-hybridized carbons (Fsp3) is 0.607. The lowest BCUT2D eigenvalue weighted by Crippen LogP contribution is -2.59. The molecule has 1 aliphatic carbocycles. The number of amides is 3. The molecule has 2 aliphatic rings. The Bertz CT molecular complexity index is 1140. The Balaban J connectivity index is 1.46. The second kappa shape index (κ2) is 12.7. The molecule has 208 valence electrons. The molecule has 1 saturated heterocycles. The Labute approximate surface area is 223 Å². The predicted octanol–water partition coefficient (Wildman–Crippen LogP) is 2.38. The van der Waals surface area contributed by atoms with Crippen LogP contribution in [-0.4, -0.2) is 91.1 Å². The molecule has 2 fully saturated rings. The number of aromatic nitrogens is 1. The van der Waals surface area contributed by atoms with Gasteiger partial charge in [-0.2, -0.15) is 0 Å². The molecule has 1 aromatic carbocycles. The van der Waals surface area contributed by atoms with Crippen LogP contribution >= 0.6 is 0 Å². The van der Waals surface area contributed by atoms with Crippen molar-refractivity contribution in [2.24, 2.45) is 5.92 Å². The minimum Gasteiger partial charge on any atom is -0.383 e. The molecule has 2 unspecified atom stereocenters. The number of methoxy groups -OCH3 is 1. The number of carbonyl (C=O) groups excluding carboxylic acids is 3. The number of fused-ring (bicyclic) bond motifs is 1. The lowest BCUT2D eigenvalue weighted by Gasteiger charge is -2.39. The van der Waals surface area contributed by atoms with Gasteiger partial charge >= 0.3 is 0 Å². The SMILES string of the molecule is CNC(C)C(=O)NC(C(=O)N1CCN(C(=O)c2cc3cc(F)ccc3n2CCOC)CC1)C1CCCCC1. The minimum atomic E-state index is -0.549. The van der Waals surface area contributed by atoms with Crippen molar-refractivity contribution < 1.29 is 23.5 Å². The number of ether oxygens (including phenoxy) is 1. The van der Waals surface area contributed by atoms with E-state index in [1.807, 2.05) is 4.57 Å². The second-order valence-electron chi connectivity index (χ2n) is 10.4. The maximum atomic E-state index is 13.9. The van der Waals surface area contributed by atoms with E-state index in [1.54, 1.807) is 43.0 Å². The summed E-state index contributed by atoms with van der Waals surface area (Å²) in [6.45, 7) is 4.26. The van der Waals surface area contributed by atoms with Crippen molar-refractivity contribution in [2.75, 3.05) is 46.9 Å². The number of piperazine rings is 1. The van der Waals surface area contributed by atoms with Crippen molar-refractivity contribution in [1.29, 1.82) is 0 Å². The third-order valence-electron chi connectivity index (χ3n) is 7.99. The van der Waals surface area contributed by atoms with Gasteiger partial charge in [0, 0.05) is 50.7 Å². The van der Waals surface area contributed by atoms with Gasteiger partial charge in [-0.15, -0.1) is 0 Å². The summed E-state index contributed by atoms with van der Waals surface area (Å²) < 4.78 is 21.0. The van der Waals surface area contributed by atoms with E-state index in [-0.39, 0.29) is 35.5 Å². The predicted molar refractivity (Wildman–Crippen MR) is 143 cm³/mol. The quantitative estimate of drug-likeness (QED) is 0.520. The van der Waals surface area contributed by atoms with Crippen LogP contribution in [0.3, 0.4) is 0 Å². The summed E-state index contributed by atoms with van der Waals surface area (Å²) in [5.74, 6) is -0.613. The zero-order valence-corrected chi connectivity index (χ0v) is 22.7. The summed E-state index contributed by atoms with van der Waals surface area (Å²) >= 11 is 0. The average Bonchev–Trinajstić information content (AvgIpc) is 3.31. The third kappa shape index (κ3) is 6.18. The van der Waals surface area contributed by atoms with Crippen LogP contribution in [0.4, 0.5) is 4.39 Å². The van der Waals surface area contributed by atoms with Crippen molar-refractivity contribution in [3.8, 4) is 0 Å². The molecular weight excluding hydrogens is 489 g/mol. The summed E-state index contributed by atoms with van der Waals surface area (Å²) in [5.41, 5.74) is 1.26. The molecule has 2 atom stereocenters. The topological polar surface area (TPSA) is 95.9 Å². The highest BCUT2D eigenvalue weighted by molar-refractivity contribution is 5.99. The first-order chi connectivity index (χ1) is 18.3. The Hall–Kier alpha value is -2.98. The average molecular weight is 530 g/mol. The highest BCUT2D eigenvalue weighted by atomic mass is 19.1. The minimum absolute atomic E-state index is 0.0645. The lowest BCUT2D eigenvalue weighted by atomic mass is 9.83. The molecule has 38 heavy (non-hydrogen) atoms. The van der Waals surface area contributed by atoms with Crippen LogP contribution in [-0.2, 0) is 20.9 Å². The van der Waals surface area contributed by atoms with Crippen molar-refractivity contribution in [3.63, 3.8) is 0 Å². The van der Waals surface area contributed by atoms with Crippen LogP contribution in [0.5, 0.6) is 0 Å². The zero-order chi connectivity index (χ0) is 27.2. The van der Waals surface area contributed by atoms with E-state index in [0.29, 0.717) is 50.4 Å². The monoisotopic (exact) mass is 529 g/mol. The van der Waals surface area contributed by atoms with Gasteiger partial charge in [-0.25, -0.2) is 4.39 Å². The fourth-order valence-corrected chi connectivity index (χ4v) is 5.59. The molecule has 2 N–H and O–H groups in total.